The number of Topliss-reactive ketones (excluding diaryl/α,β-unsaturated/α-hetero) is 1. The highest BCUT2D eigenvalue weighted by Gasteiger charge is 2.10. The topological polar surface area (TPSA) is 43.1 Å². The van der Waals surface area contributed by atoms with Gasteiger partial charge in [0.2, 0.25) is 0 Å². The Kier molecular flexibility index (Phi) is 6.49. The van der Waals surface area contributed by atoms with Gasteiger partial charge in [0, 0.05) is 0 Å². The van der Waals surface area contributed by atoms with Crippen LogP contribution >= 0.6 is 0 Å². The highest BCUT2D eigenvalue weighted by molar-refractivity contribution is 5.81. The van der Waals surface area contributed by atoms with Gasteiger partial charge in [-0.15, -0.1) is 0 Å². The third-order valence-electron chi connectivity index (χ3n) is 1.96. The molecular formula is C12H17F2NO. The molecule has 16 heavy (non-hydrogen) atoms. The molecule has 1 aromatic carbocycles. The summed E-state index contributed by atoms with van der Waals surface area (Å²) in [4.78, 5) is 10.8. The normalized spacial score (nSPS) is 11.4. The highest BCUT2D eigenvalue weighted by atomic mass is 19.2. The number of rotatable bonds is 3. The molecule has 0 unspecified atom stereocenters. The molecule has 0 bridgehead atoms. The van der Waals surface area contributed by atoms with Crippen molar-refractivity contribution >= 4 is 5.78 Å². The first kappa shape index (κ1) is 14.7. The van der Waals surface area contributed by atoms with Gasteiger partial charge in [-0.05, 0) is 31.0 Å². The SMILES string of the molecule is CC.CC(=O)[C@H](N)Cc1ccc(F)c(F)c1. The van der Waals surface area contributed by atoms with Crippen LogP contribution in [0, 0.1) is 11.6 Å². The summed E-state index contributed by atoms with van der Waals surface area (Å²) in [5.41, 5.74) is 5.99. The summed E-state index contributed by atoms with van der Waals surface area (Å²) in [7, 11) is 0. The summed E-state index contributed by atoms with van der Waals surface area (Å²) >= 11 is 0. The second kappa shape index (κ2) is 7.06. The molecule has 0 radical (unpaired) electrons. The first-order valence-electron chi connectivity index (χ1n) is 5.20. The van der Waals surface area contributed by atoms with E-state index in [0.29, 0.717) is 5.56 Å². The Balaban J connectivity index is 0.00000106. The van der Waals surface area contributed by atoms with Gasteiger partial charge in [0.25, 0.3) is 0 Å². The van der Waals surface area contributed by atoms with Crippen LogP contribution in [-0.2, 0) is 11.2 Å². The van der Waals surface area contributed by atoms with Crippen LogP contribution in [0.25, 0.3) is 0 Å². The standard InChI is InChI=1S/C10H11F2NO.C2H6/c1-6(14)10(13)5-7-2-3-8(11)9(12)4-7;1-2/h2-4,10H,5,13H2,1H3;1-2H3/t10-;/m1./s1. The number of ketones is 1. The fourth-order valence-electron chi connectivity index (χ4n) is 1.06. The van der Waals surface area contributed by atoms with Gasteiger partial charge in [-0.3, -0.25) is 4.79 Å². The molecule has 4 heteroatoms. The van der Waals surface area contributed by atoms with Crippen LogP contribution in [-0.4, -0.2) is 11.8 Å². The summed E-state index contributed by atoms with van der Waals surface area (Å²) < 4.78 is 25.3. The number of carbonyl (C=O) groups excluding carboxylic acids is 1. The molecular weight excluding hydrogens is 212 g/mol. The lowest BCUT2D eigenvalue weighted by molar-refractivity contribution is -0.118. The summed E-state index contributed by atoms with van der Waals surface area (Å²) in [6.07, 6.45) is 0.229. The van der Waals surface area contributed by atoms with Crippen LogP contribution in [0.2, 0.25) is 0 Å². The van der Waals surface area contributed by atoms with Crippen molar-refractivity contribution < 1.29 is 13.6 Å². The Bertz CT molecular complexity index is 353. The minimum atomic E-state index is -0.918. The lowest BCUT2D eigenvalue weighted by atomic mass is 10.0. The van der Waals surface area contributed by atoms with Crippen LogP contribution in [0.1, 0.15) is 26.3 Å². The zero-order valence-corrected chi connectivity index (χ0v) is 9.76. The van der Waals surface area contributed by atoms with Crippen LogP contribution < -0.4 is 5.73 Å². The van der Waals surface area contributed by atoms with Crippen molar-refractivity contribution in [3.63, 3.8) is 0 Å². The Morgan fingerprint density at radius 2 is 1.88 bits per heavy atom. The Hall–Kier alpha value is -1.29. The zero-order chi connectivity index (χ0) is 12.7. The van der Waals surface area contributed by atoms with Gasteiger partial charge in [0.05, 0.1) is 6.04 Å². The van der Waals surface area contributed by atoms with Gasteiger partial charge in [-0.1, -0.05) is 19.9 Å². The van der Waals surface area contributed by atoms with E-state index in [-0.39, 0.29) is 12.2 Å². The van der Waals surface area contributed by atoms with Gasteiger partial charge >= 0.3 is 0 Å². The van der Waals surface area contributed by atoms with Crippen molar-refractivity contribution in [3.8, 4) is 0 Å². The van der Waals surface area contributed by atoms with Crippen LogP contribution in [0.15, 0.2) is 18.2 Å². The average Bonchev–Trinajstić information content (AvgIpc) is 2.26. The van der Waals surface area contributed by atoms with Gasteiger partial charge in [0.15, 0.2) is 11.6 Å². The molecule has 0 aliphatic rings. The van der Waals surface area contributed by atoms with Crippen molar-refractivity contribution in [1.29, 1.82) is 0 Å². The second-order valence-corrected chi connectivity index (χ2v) is 3.17. The quantitative estimate of drug-likeness (QED) is 0.865. The fourth-order valence-corrected chi connectivity index (χ4v) is 1.06. The van der Waals surface area contributed by atoms with Crippen molar-refractivity contribution in [2.75, 3.05) is 0 Å². The molecule has 0 aliphatic heterocycles. The molecule has 1 rings (SSSR count). The first-order valence-corrected chi connectivity index (χ1v) is 5.20. The third kappa shape index (κ3) is 4.49. The molecule has 0 amide bonds. The van der Waals surface area contributed by atoms with E-state index in [1.165, 1.54) is 13.0 Å². The van der Waals surface area contributed by atoms with Gasteiger partial charge < -0.3 is 5.73 Å². The minimum absolute atomic E-state index is 0.172. The summed E-state index contributed by atoms with van der Waals surface area (Å²) in [6.45, 7) is 5.37. The lowest BCUT2D eigenvalue weighted by Crippen LogP contribution is -2.30. The van der Waals surface area contributed by atoms with Crippen molar-refractivity contribution in [2.24, 2.45) is 5.73 Å². The maximum atomic E-state index is 12.7. The highest BCUT2D eigenvalue weighted by Crippen LogP contribution is 2.10. The van der Waals surface area contributed by atoms with Crippen molar-refractivity contribution in [2.45, 2.75) is 33.2 Å². The summed E-state index contributed by atoms with van der Waals surface area (Å²) in [5, 5.41) is 0. The predicted molar refractivity (Wildman–Crippen MR) is 60.1 cm³/mol. The number of hydrogen-bond donors (Lipinski definition) is 1. The Morgan fingerprint density at radius 3 is 2.31 bits per heavy atom. The van der Waals surface area contributed by atoms with Gasteiger partial charge in [0.1, 0.15) is 5.78 Å². The van der Waals surface area contributed by atoms with Gasteiger partial charge in [-0.2, -0.15) is 0 Å². The summed E-state index contributed by atoms with van der Waals surface area (Å²) in [5.74, 6) is -1.99. The number of nitrogens with two attached hydrogens (primary N) is 1. The average molecular weight is 229 g/mol. The van der Waals surface area contributed by atoms with E-state index in [4.69, 9.17) is 5.73 Å². The van der Waals surface area contributed by atoms with Crippen LogP contribution in [0.3, 0.4) is 0 Å². The Labute approximate surface area is 94.5 Å². The molecule has 0 aliphatic carbocycles. The second-order valence-electron chi connectivity index (χ2n) is 3.17. The third-order valence-corrected chi connectivity index (χ3v) is 1.96. The maximum Gasteiger partial charge on any atom is 0.159 e. The van der Waals surface area contributed by atoms with E-state index in [0.717, 1.165) is 12.1 Å². The van der Waals surface area contributed by atoms with E-state index in [1.54, 1.807) is 0 Å². The molecule has 0 saturated carbocycles. The summed E-state index contributed by atoms with van der Waals surface area (Å²) in [6, 6.07) is 2.84. The molecule has 1 atom stereocenters. The molecule has 2 nitrogen and oxygen atoms in total. The largest absolute Gasteiger partial charge is 0.321 e. The van der Waals surface area contributed by atoms with Crippen molar-refractivity contribution in [3.05, 3.63) is 35.4 Å². The molecule has 0 spiro atoms. The molecule has 0 heterocycles. The first-order chi connectivity index (χ1) is 7.50. The van der Waals surface area contributed by atoms with Crippen LogP contribution in [0.4, 0.5) is 8.78 Å². The molecule has 1 aromatic rings. The number of halogens is 2. The van der Waals surface area contributed by atoms with E-state index in [9.17, 15) is 13.6 Å². The maximum absolute atomic E-state index is 12.7. The Morgan fingerprint density at radius 1 is 1.31 bits per heavy atom. The monoisotopic (exact) mass is 229 g/mol. The van der Waals surface area contributed by atoms with Gasteiger partial charge in [-0.25, -0.2) is 8.78 Å². The smallest absolute Gasteiger partial charge is 0.159 e. The fraction of sp³-hybridized carbons (Fsp3) is 0.417. The number of hydrogen-bond acceptors (Lipinski definition) is 2. The molecule has 0 aromatic heterocycles. The van der Waals surface area contributed by atoms with E-state index in [1.807, 2.05) is 13.8 Å². The molecule has 90 valence electrons. The lowest BCUT2D eigenvalue weighted by Gasteiger charge is -2.07. The zero-order valence-electron chi connectivity index (χ0n) is 9.76. The number of carbonyl (C=O) groups is 1. The molecule has 2 N–H and O–H groups in total. The van der Waals surface area contributed by atoms with E-state index >= 15 is 0 Å². The van der Waals surface area contributed by atoms with Crippen LogP contribution in [0.5, 0.6) is 0 Å². The molecule has 0 saturated heterocycles. The molecule has 0 fully saturated rings. The van der Waals surface area contributed by atoms with E-state index < -0.39 is 17.7 Å². The minimum Gasteiger partial charge on any atom is -0.321 e. The van der Waals surface area contributed by atoms with Crippen molar-refractivity contribution in [1.82, 2.24) is 0 Å². The predicted octanol–water partition coefficient (Wildman–Crippen LogP) is 2.45. The van der Waals surface area contributed by atoms with E-state index in [2.05, 4.69) is 0 Å². The number of benzene rings is 1.